The van der Waals surface area contributed by atoms with Crippen molar-refractivity contribution in [2.75, 3.05) is 12.8 Å². The zero-order valence-corrected chi connectivity index (χ0v) is 17.1. The molecule has 146 valence electrons. The zero-order valence-electron chi connectivity index (χ0n) is 16.3. The van der Waals surface area contributed by atoms with Gasteiger partial charge in [-0.1, -0.05) is 41.5 Å². The molecular formula is C17H33N3O4S. The van der Waals surface area contributed by atoms with Crippen molar-refractivity contribution in [3.63, 3.8) is 0 Å². The lowest BCUT2D eigenvalue weighted by Gasteiger charge is -2.33. The third-order valence-corrected chi connectivity index (χ3v) is 5.04. The minimum atomic E-state index is -0.720. The third kappa shape index (κ3) is 7.64. The Labute approximate surface area is 155 Å². The summed E-state index contributed by atoms with van der Waals surface area (Å²) < 4.78 is 0. The number of thioether (sulfide) groups is 1. The molecule has 0 saturated heterocycles. The fraction of sp³-hybridized carbons (Fsp3) is 0.824. The minimum Gasteiger partial charge on any atom is -0.357 e. The van der Waals surface area contributed by atoms with Gasteiger partial charge in [0.05, 0.1) is 11.2 Å². The van der Waals surface area contributed by atoms with Crippen molar-refractivity contribution in [3.8, 4) is 0 Å². The molecule has 0 aliphatic heterocycles. The lowest BCUT2D eigenvalue weighted by molar-refractivity contribution is -0.137. The summed E-state index contributed by atoms with van der Waals surface area (Å²) in [5, 5.41) is 13.7. The molecule has 3 atom stereocenters. The molecule has 0 aliphatic carbocycles. The van der Waals surface area contributed by atoms with Gasteiger partial charge in [0, 0.05) is 7.05 Å². The van der Waals surface area contributed by atoms with Crippen molar-refractivity contribution in [2.24, 2.45) is 17.3 Å². The first-order valence-corrected chi connectivity index (χ1v) is 9.61. The molecule has 0 aliphatic rings. The van der Waals surface area contributed by atoms with E-state index in [1.807, 2.05) is 41.5 Å². The van der Waals surface area contributed by atoms with Gasteiger partial charge in [-0.25, -0.2) is 5.48 Å². The lowest BCUT2D eigenvalue weighted by Crippen LogP contribution is -2.56. The van der Waals surface area contributed by atoms with Crippen LogP contribution in [0.3, 0.4) is 0 Å². The Bertz CT molecular complexity index is 463. The summed E-state index contributed by atoms with van der Waals surface area (Å²) in [6.45, 7) is 11.4. The zero-order chi connectivity index (χ0) is 19.8. The Balaban J connectivity index is 5.59. The number of nitrogens with one attached hydrogen (secondary N) is 3. The smallest absolute Gasteiger partial charge is 0.257 e. The molecule has 4 N–H and O–H groups in total. The van der Waals surface area contributed by atoms with Crippen LogP contribution in [0.4, 0.5) is 0 Å². The van der Waals surface area contributed by atoms with Crippen LogP contribution in [-0.4, -0.2) is 47.0 Å². The summed E-state index contributed by atoms with van der Waals surface area (Å²) in [6, 6.07) is -0.718. The largest absolute Gasteiger partial charge is 0.357 e. The Morgan fingerprint density at radius 2 is 1.64 bits per heavy atom. The van der Waals surface area contributed by atoms with E-state index in [0.29, 0.717) is 12.2 Å². The van der Waals surface area contributed by atoms with Gasteiger partial charge in [-0.2, -0.15) is 0 Å². The Hall–Kier alpha value is -1.28. The van der Waals surface area contributed by atoms with Gasteiger partial charge in [-0.3, -0.25) is 19.6 Å². The molecular weight excluding hydrogens is 342 g/mol. The molecule has 0 radical (unpaired) electrons. The van der Waals surface area contributed by atoms with Gasteiger partial charge in [0.2, 0.25) is 11.8 Å². The molecule has 3 amide bonds. The van der Waals surface area contributed by atoms with E-state index in [2.05, 4.69) is 10.6 Å². The van der Waals surface area contributed by atoms with Gasteiger partial charge in [-0.15, -0.1) is 11.8 Å². The van der Waals surface area contributed by atoms with Crippen LogP contribution in [0.2, 0.25) is 0 Å². The van der Waals surface area contributed by atoms with Crippen molar-refractivity contribution in [3.05, 3.63) is 0 Å². The standard InChI is InChI=1S/C17H33N3O4S/c1-8-25-12(15(22)20-24)11(9-10(2)3)14(21)19-13(16(23)18-7)17(4,5)6/h10-13,24H,8-9H2,1-7H3,(H,18,23)(H,19,21)(H,20,22)/t11-,12-,13-/m1/s1. The molecule has 0 spiro atoms. The van der Waals surface area contributed by atoms with Gasteiger partial charge >= 0.3 is 0 Å². The van der Waals surface area contributed by atoms with E-state index in [0.717, 1.165) is 0 Å². The van der Waals surface area contributed by atoms with E-state index >= 15 is 0 Å². The molecule has 0 bridgehead atoms. The van der Waals surface area contributed by atoms with Crippen LogP contribution in [0.25, 0.3) is 0 Å². The van der Waals surface area contributed by atoms with Crippen LogP contribution in [0, 0.1) is 17.3 Å². The second-order valence-electron chi connectivity index (χ2n) is 7.51. The molecule has 0 unspecified atom stereocenters. The number of hydrogen-bond donors (Lipinski definition) is 4. The van der Waals surface area contributed by atoms with E-state index in [9.17, 15) is 14.4 Å². The summed E-state index contributed by atoms with van der Waals surface area (Å²) in [5.41, 5.74) is 1.18. The van der Waals surface area contributed by atoms with Crippen LogP contribution in [0.15, 0.2) is 0 Å². The number of hydroxylamine groups is 1. The average molecular weight is 376 g/mol. The fourth-order valence-electron chi connectivity index (χ4n) is 2.56. The van der Waals surface area contributed by atoms with Gasteiger partial charge in [0.1, 0.15) is 6.04 Å². The molecule has 0 aromatic heterocycles. The van der Waals surface area contributed by atoms with Gasteiger partial charge in [-0.05, 0) is 23.5 Å². The highest BCUT2D eigenvalue weighted by molar-refractivity contribution is 8.00. The van der Waals surface area contributed by atoms with Crippen molar-refractivity contribution in [1.82, 2.24) is 16.1 Å². The predicted octanol–water partition coefficient (Wildman–Crippen LogP) is 1.55. The molecule has 8 heteroatoms. The summed E-state index contributed by atoms with van der Waals surface area (Å²) in [4.78, 5) is 37.2. The maximum absolute atomic E-state index is 12.9. The molecule has 0 heterocycles. The first kappa shape index (κ1) is 23.7. The fourth-order valence-corrected chi connectivity index (χ4v) is 3.59. The lowest BCUT2D eigenvalue weighted by atomic mass is 9.85. The molecule has 25 heavy (non-hydrogen) atoms. The second kappa shape index (κ2) is 10.7. The Morgan fingerprint density at radius 1 is 1.08 bits per heavy atom. The number of amides is 3. The summed E-state index contributed by atoms with van der Waals surface area (Å²) in [7, 11) is 1.52. The summed E-state index contributed by atoms with van der Waals surface area (Å²) >= 11 is 1.30. The summed E-state index contributed by atoms with van der Waals surface area (Å²) in [6.07, 6.45) is 0.474. The number of rotatable bonds is 9. The number of carbonyl (C=O) groups is 3. The normalized spacial score (nSPS) is 15.2. The van der Waals surface area contributed by atoms with Crippen molar-refractivity contribution in [1.29, 1.82) is 0 Å². The maximum atomic E-state index is 12.9. The number of carbonyl (C=O) groups excluding carboxylic acids is 3. The van der Waals surface area contributed by atoms with Crippen LogP contribution in [0.1, 0.15) is 48.0 Å². The molecule has 7 nitrogen and oxygen atoms in total. The van der Waals surface area contributed by atoms with Crippen LogP contribution < -0.4 is 16.1 Å². The first-order chi connectivity index (χ1) is 11.5. The van der Waals surface area contributed by atoms with Crippen molar-refractivity contribution < 1.29 is 19.6 Å². The highest BCUT2D eigenvalue weighted by Crippen LogP contribution is 2.28. The quantitative estimate of drug-likeness (QED) is 0.361. The average Bonchev–Trinajstić information content (AvgIpc) is 2.52. The van der Waals surface area contributed by atoms with Gasteiger partial charge in [0.25, 0.3) is 5.91 Å². The highest BCUT2D eigenvalue weighted by atomic mass is 32.2. The van der Waals surface area contributed by atoms with Crippen LogP contribution in [-0.2, 0) is 14.4 Å². The molecule has 0 rings (SSSR count). The van der Waals surface area contributed by atoms with Crippen molar-refractivity contribution >= 4 is 29.5 Å². The SMILES string of the molecule is CCS[C@@H](C(=O)NO)[C@@H](CC(C)C)C(=O)N[C@H](C(=O)NC)C(C)(C)C. The van der Waals surface area contributed by atoms with Gasteiger partial charge < -0.3 is 10.6 Å². The Kier molecular flexibility index (Phi) is 10.1. The highest BCUT2D eigenvalue weighted by Gasteiger charge is 2.38. The predicted molar refractivity (Wildman–Crippen MR) is 100 cm³/mol. The van der Waals surface area contributed by atoms with Gasteiger partial charge in [0.15, 0.2) is 0 Å². The molecule has 0 fully saturated rings. The molecule has 0 aromatic carbocycles. The van der Waals surface area contributed by atoms with E-state index in [1.165, 1.54) is 18.8 Å². The van der Waals surface area contributed by atoms with Crippen LogP contribution in [0.5, 0.6) is 0 Å². The van der Waals surface area contributed by atoms with Crippen molar-refractivity contribution in [2.45, 2.75) is 59.3 Å². The van der Waals surface area contributed by atoms with E-state index in [1.54, 1.807) is 5.48 Å². The van der Waals surface area contributed by atoms with E-state index < -0.39 is 28.5 Å². The molecule has 0 saturated carbocycles. The monoisotopic (exact) mass is 375 g/mol. The topological polar surface area (TPSA) is 108 Å². The van der Waals surface area contributed by atoms with Crippen LogP contribution >= 0.6 is 11.8 Å². The Morgan fingerprint density at radius 3 is 2.00 bits per heavy atom. The molecule has 0 aromatic rings. The maximum Gasteiger partial charge on any atom is 0.257 e. The minimum absolute atomic E-state index is 0.176. The number of hydrogen-bond acceptors (Lipinski definition) is 5. The summed E-state index contributed by atoms with van der Waals surface area (Å²) in [5.74, 6) is -1.08. The van der Waals surface area contributed by atoms with E-state index in [-0.39, 0.29) is 17.7 Å². The number of likely N-dealkylation sites (N-methyl/N-ethyl adjacent to an activating group) is 1. The third-order valence-electron chi connectivity index (χ3n) is 3.80. The second-order valence-corrected chi connectivity index (χ2v) is 8.93. The first-order valence-electron chi connectivity index (χ1n) is 8.57. The van der Waals surface area contributed by atoms with E-state index in [4.69, 9.17) is 5.21 Å².